The van der Waals surface area contributed by atoms with Crippen LogP contribution >= 0.6 is 0 Å². The minimum Gasteiger partial charge on any atom is -0.481 e. The molecule has 5 heteroatoms. The molecule has 0 saturated heterocycles. The molecule has 2 N–H and O–H groups in total. The quantitative estimate of drug-likeness (QED) is 0.797. The van der Waals surface area contributed by atoms with E-state index in [2.05, 4.69) is 5.32 Å². The molecule has 0 aromatic heterocycles. The second-order valence-corrected chi connectivity index (χ2v) is 5.32. The van der Waals surface area contributed by atoms with E-state index < -0.39 is 11.6 Å². The van der Waals surface area contributed by atoms with Gasteiger partial charge in [-0.05, 0) is 18.1 Å². The normalized spacial score (nSPS) is 17.1. The fourth-order valence-corrected chi connectivity index (χ4v) is 2.00. The molecule has 5 nitrogen and oxygen atoms in total. The minimum atomic E-state index is -0.853. The van der Waals surface area contributed by atoms with Crippen LogP contribution in [0.4, 0.5) is 0 Å². The van der Waals surface area contributed by atoms with Crippen molar-refractivity contribution < 1.29 is 19.4 Å². The summed E-state index contributed by atoms with van der Waals surface area (Å²) in [6, 6.07) is 9.25. The van der Waals surface area contributed by atoms with Crippen molar-refractivity contribution in [1.82, 2.24) is 5.32 Å². The highest BCUT2D eigenvalue weighted by molar-refractivity contribution is 5.88. The Morgan fingerprint density at radius 3 is 2.55 bits per heavy atom. The van der Waals surface area contributed by atoms with E-state index in [0.717, 1.165) is 0 Å². The van der Waals surface area contributed by atoms with Crippen LogP contribution in [0.3, 0.4) is 0 Å². The standard InChI is InChI=1S/C15H19NO4/c1-11(9-13(17)18)10-16-14(19)15(7-8-15)20-12-5-3-2-4-6-12/h2-6,11H,7-10H2,1H3,(H,16,19)(H,17,18). The number of hydrogen-bond acceptors (Lipinski definition) is 3. The topological polar surface area (TPSA) is 75.6 Å². The first-order chi connectivity index (χ1) is 9.52. The Balaban J connectivity index is 1.84. The van der Waals surface area contributed by atoms with Crippen LogP contribution < -0.4 is 10.1 Å². The van der Waals surface area contributed by atoms with Crippen molar-refractivity contribution in [2.45, 2.75) is 31.8 Å². The number of benzene rings is 1. The highest BCUT2D eigenvalue weighted by atomic mass is 16.5. The highest BCUT2D eigenvalue weighted by Gasteiger charge is 2.52. The van der Waals surface area contributed by atoms with E-state index in [1.165, 1.54) is 0 Å². The van der Waals surface area contributed by atoms with Crippen LogP contribution in [-0.2, 0) is 9.59 Å². The molecule has 1 aliphatic carbocycles. The lowest BCUT2D eigenvalue weighted by molar-refractivity contribution is -0.138. The van der Waals surface area contributed by atoms with Gasteiger partial charge in [-0.15, -0.1) is 0 Å². The van der Waals surface area contributed by atoms with Crippen molar-refractivity contribution in [1.29, 1.82) is 0 Å². The summed E-state index contributed by atoms with van der Waals surface area (Å²) in [4.78, 5) is 22.7. The number of carbonyl (C=O) groups excluding carboxylic acids is 1. The zero-order valence-electron chi connectivity index (χ0n) is 11.5. The van der Waals surface area contributed by atoms with Crippen LogP contribution in [0.25, 0.3) is 0 Å². The Labute approximate surface area is 117 Å². The first-order valence-corrected chi connectivity index (χ1v) is 6.76. The van der Waals surface area contributed by atoms with Crippen molar-refractivity contribution in [3.63, 3.8) is 0 Å². The molecule has 0 bridgehead atoms. The maximum Gasteiger partial charge on any atom is 0.303 e. The summed E-state index contributed by atoms with van der Waals surface area (Å²) in [6.07, 6.45) is 1.44. The molecule has 1 fully saturated rings. The number of nitrogens with one attached hydrogen (secondary N) is 1. The van der Waals surface area contributed by atoms with Gasteiger partial charge in [0.1, 0.15) is 5.75 Å². The van der Waals surface area contributed by atoms with Crippen LogP contribution in [0.15, 0.2) is 30.3 Å². The number of ether oxygens (including phenoxy) is 1. The van der Waals surface area contributed by atoms with E-state index in [4.69, 9.17) is 9.84 Å². The smallest absolute Gasteiger partial charge is 0.303 e. The number of carboxylic acid groups (broad SMARTS) is 1. The van der Waals surface area contributed by atoms with Crippen molar-refractivity contribution in [2.24, 2.45) is 5.92 Å². The molecule has 1 aliphatic rings. The molecule has 20 heavy (non-hydrogen) atoms. The van der Waals surface area contributed by atoms with Gasteiger partial charge in [0, 0.05) is 25.8 Å². The van der Waals surface area contributed by atoms with Crippen LogP contribution in [0.1, 0.15) is 26.2 Å². The summed E-state index contributed by atoms with van der Waals surface area (Å²) in [5.74, 6) is -0.422. The molecule has 1 saturated carbocycles. The third-order valence-electron chi connectivity index (χ3n) is 3.31. The van der Waals surface area contributed by atoms with Crippen LogP contribution in [0.5, 0.6) is 5.75 Å². The molecule has 0 spiro atoms. The fraction of sp³-hybridized carbons (Fsp3) is 0.467. The van der Waals surface area contributed by atoms with Gasteiger partial charge in [0.05, 0.1) is 0 Å². The zero-order valence-corrected chi connectivity index (χ0v) is 11.5. The van der Waals surface area contributed by atoms with Gasteiger partial charge in [-0.25, -0.2) is 0 Å². The molecule has 0 radical (unpaired) electrons. The van der Waals surface area contributed by atoms with Gasteiger partial charge in [0.15, 0.2) is 5.60 Å². The lowest BCUT2D eigenvalue weighted by Gasteiger charge is -2.19. The Bertz CT molecular complexity index is 482. The Hall–Kier alpha value is -2.04. The van der Waals surface area contributed by atoms with Gasteiger partial charge < -0.3 is 15.2 Å². The number of hydrogen-bond donors (Lipinski definition) is 2. The van der Waals surface area contributed by atoms with Crippen molar-refractivity contribution in [3.05, 3.63) is 30.3 Å². The minimum absolute atomic E-state index is 0.0484. The lowest BCUT2D eigenvalue weighted by Crippen LogP contribution is -2.42. The molecule has 2 rings (SSSR count). The third-order valence-corrected chi connectivity index (χ3v) is 3.31. The summed E-state index contributed by atoms with van der Waals surface area (Å²) in [5.41, 5.74) is -0.760. The SMILES string of the molecule is CC(CNC(=O)C1(Oc2ccccc2)CC1)CC(=O)O. The van der Waals surface area contributed by atoms with Gasteiger partial charge in [-0.1, -0.05) is 25.1 Å². The summed E-state index contributed by atoms with van der Waals surface area (Å²) in [5, 5.41) is 11.5. The number of aliphatic carboxylic acids is 1. The first kappa shape index (κ1) is 14.4. The highest BCUT2D eigenvalue weighted by Crippen LogP contribution is 2.40. The summed E-state index contributed by atoms with van der Waals surface area (Å²) < 4.78 is 5.76. The van der Waals surface area contributed by atoms with E-state index in [-0.39, 0.29) is 18.2 Å². The van der Waals surface area contributed by atoms with Gasteiger partial charge in [-0.3, -0.25) is 9.59 Å². The van der Waals surface area contributed by atoms with E-state index in [1.54, 1.807) is 6.92 Å². The lowest BCUT2D eigenvalue weighted by atomic mass is 10.1. The average molecular weight is 277 g/mol. The van der Waals surface area contributed by atoms with Gasteiger partial charge >= 0.3 is 5.97 Å². The Morgan fingerprint density at radius 1 is 1.35 bits per heavy atom. The number of carboxylic acids is 1. The van der Waals surface area contributed by atoms with Crippen molar-refractivity contribution in [2.75, 3.05) is 6.54 Å². The number of para-hydroxylation sites is 1. The second-order valence-electron chi connectivity index (χ2n) is 5.32. The summed E-state index contributed by atoms with van der Waals surface area (Å²) in [6.45, 7) is 2.15. The number of carbonyl (C=O) groups is 2. The fourth-order valence-electron chi connectivity index (χ4n) is 2.00. The molecular weight excluding hydrogens is 258 g/mol. The van der Waals surface area contributed by atoms with E-state index in [9.17, 15) is 9.59 Å². The molecule has 1 unspecified atom stereocenters. The molecular formula is C15H19NO4. The maximum atomic E-state index is 12.1. The van der Waals surface area contributed by atoms with Gasteiger partial charge in [0.2, 0.25) is 0 Å². The largest absolute Gasteiger partial charge is 0.481 e. The van der Waals surface area contributed by atoms with Gasteiger partial charge in [-0.2, -0.15) is 0 Å². The number of amides is 1. The van der Waals surface area contributed by atoms with Crippen LogP contribution in [-0.4, -0.2) is 29.1 Å². The molecule has 1 aromatic rings. The Kier molecular flexibility index (Phi) is 4.27. The van der Waals surface area contributed by atoms with Crippen molar-refractivity contribution >= 4 is 11.9 Å². The molecule has 1 atom stereocenters. The summed E-state index contributed by atoms with van der Waals surface area (Å²) in [7, 11) is 0. The van der Waals surface area contributed by atoms with E-state index in [0.29, 0.717) is 25.1 Å². The van der Waals surface area contributed by atoms with E-state index in [1.807, 2.05) is 30.3 Å². The van der Waals surface area contributed by atoms with E-state index >= 15 is 0 Å². The third kappa shape index (κ3) is 3.73. The molecule has 0 aliphatic heterocycles. The second kappa shape index (κ2) is 5.94. The zero-order chi connectivity index (χ0) is 14.6. The number of rotatable bonds is 7. The molecule has 0 heterocycles. The predicted octanol–water partition coefficient (Wildman–Crippen LogP) is 1.82. The van der Waals surface area contributed by atoms with Crippen LogP contribution in [0.2, 0.25) is 0 Å². The average Bonchev–Trinajstić information content (AvgIpc) is 3.17. The predicted molar refractivity (Wildman–Crippen MR) is 73.5 cm³/mol. The maximum absolute atomic E-state index is 12.1. The molecule has 1 aromatic carbocycles. The van der Waals surface area contributed by atoms with Crippen LogP contribution in [0, 0.1) is 5.92 Å². The first-order valence-electron chi connectivity index (χ1n) is 6.76. The van der Waals surface area contributed by atoms with Gasteiger partial charge in [0.25, 0.3) is 5.91 Å². The Morgan fingerprint density at radius 2 is 2.00 bits per heavy atom. The molecule has 1 amide bonds. The van der Waals surface area contributed by atoms with Crippen molar-refractivity contribution in [3.8, 4) is 5.75 Å². The molecule has 108 valence electrons. The summed E-state index contributed by atoms with van der Waals surface area (Å²) >= 11 is 0. The monoisotopic (exact) mass is 277 g/mol.